The van der Waals surface area contributed by atoms with Crippen molar-refractivity contribution >= 4 is 10.0 Å². The highest BCUT2D eigenvalue weighted by atomic mass is 32.2. The SMILES string of the molecule is CC(N[C@H](C)C1CCCCC1)c1cccc(S(N)(=O)=O)c1. The number of nitrogens with two attached hydrogens (primary N) is 1. The molecule has 2 rings (SSSR count). The fourth-order valence-corrected chi connectivity index (χ4v) is 3.79. The third-order valence-corrected chi connectivity index (χ3v) is 5.47. The average molecular weight is 310 g/mol. The Labute approximate surface area is 128 Å². The lowest BCUT2D eigenvalue weighted by molar-refractivity contribution is 0.268. The predicted molar refractivity (Wildman–Crippen MR) is 85.4 cm³/mol. The van der Waals surface area contributed by atoms with Crippen LogP contribution in [0, 0.1) is 5.92 Å². The molecule has 0 saturated heterocycles. The molecular formula is C16H26N2O2S. The van der Waals surface area contributed by atoms with Gasteiger partial charge in [-0.25, -0.2) is 13.6 Å². The molecule has 5 heteroatoms. The first-order valence-electron chi connectivity index (χ1n) is 7.77. The highest BCUT2D eigenvalue weighted by Gasteiger charge is 2.21. The minimum atomic E-state index is -3.64. The Bertz CT molecular complexity index is 565. The summed E-state index contributed by atoms with van der Waals surface area (Å²) in [5.74, 6) is 0.725. The molecule has 1 aromatic rings. The monoisotopic (exact) mass is 310 g/mol. The van der Waals surface area contributed by atoms with E-state index in [0.29, 0.717) is 6.04 Å². The molecule has 1 saturated carbocycles. The van der Waals surface area contributed by atoms with Crippen molar-refractivity contribution in [2.45, 2.75) is 62.9 Å². The molecule has 1 aliphatic carbocycles. The van der Waals surface area contributed by atoms with Crippen LogP contribution in [0.1, 0.15) is 57.6 Å². The van der Waals surface area contributed by atoms with Crippen LogP contribution in [0.2, 0.25) is 0 Å². The molecule has 21 heavy (non-hydrogen) atoms. The smallest absolute Gasteiger partial charge is 0.238 e. The number of primary sulfonamides is 1. The van der Waals surface area contributed by atoms with Crippen LogP contribution >= 0.6 is 0 Å². The molecule has 0 aromatic heterocycles. The second-order valence-electron chi connectivity index (χ2n) is 6.19. The van der Waals surface area contributed by atoms with Gasteiger partial charge in [0.1, 0.15) is 0 Å². The van der Waals surface area contributed by atoms with Crippen molar-refractivity contribution in [1.82, 2.24) is 5.32 Å². The van der Waals surface area contributed by atoms with E-state index < -0.39 is 10.0 Å². The van der Waals surface area contributed by atoms with Crippen molar-refractivity contribution in [2.75, 3.05) is 0 Å². The van der Waals surface area contributed by atoms with Crippen LogP contribution < -0.4 is 10.5 Å². The molecule has 0 aliphatic heterocycles. The zero-order chi connectivity index (χ0) is 15.5. The zero-order valence-electron chi connectivity index (χ0n) is 12.9. The summed E-state index contributed by atoms with van der Waals surface area (Å²) in [5, 5.41) is 8.80. The van der Waals surface area contributed by atoms with E-state index in [2.05, 4.69) is 19.2 Å². The number of benzene rings is 1. The first kappa shape index (κ1) is 16.5. The van der Waals surface area contributed by atoms with Crippen LogP contribution in [0.25, 0.3) is 0 Å². The maximum atomic E-state index is 11.4. The van der Waals surface area contributed by atoms with Crippen molar-refractivity contribution in [3.63, 3.8) is 0 Å². The highest BCUT2D eigenvalue weighted by molar-refractivity contribution is 7.89. The van der Waals surface area contributed by atoms with Crippen LogP contribution in [0.5, 0.6) is 0 Å². The summed E-state index contributed by atoms with van der Waals surface area (Å²) in [7, 11) is -3.64. The van der Waals surface area contributed by atoms with E-state index in [1.165, 1.54) is 38.2 Å². The van der Waals surface area contributed by atoms with Crippen molar-refractivity contribution in [3.8, 4) is 0 Å². The van der Waals surface area contributed by atoms with E-state index in [1.807, 2.05) is 6.07 Å². The topological polar surface area (TPSA) is 72.2 Å². The third kappa shape index (κ3) is 4.53. The Kier molecular flexibility index (Phi) is 5.41. The van der Waals surface area contributed by atoms with Gasteiger partial charge in [-0.1, -0.05) is 31.4 Å². The van der Waals surface area contributed by atoms with Gasteiger partial charge in [0.15, 0.2) is 0 Å². The first-order chi connectivity index (χ1) is 9.88. The van der Waals surface area contributed by atoms with Gasteiger partial charge in [-0.15, -0.1) is 0 Å². The van der Waals surface area contributed by atoms with E-state index in [9.17, 15) is 8.42 Å². The molecule has 1 aliphatic rings. The van der Waals surface area contributed by atoms with Crippen molar-refractivity contribution in [3.05, 3.63) is 29.8 Å². The van der Waals surface area contributed by atoms with Gasteiger partial charge in [-0.3, -0.25) is 0 Å². The van der Waals surface area contributed by atoms with Gasteiger partial charge in [0.2, 0.25) is 10.0 Å². The van der Waals surface area contributed by atoms with Gasteiger partial charge in [0, 0.05) is 12.1 Å². The van der Waals surface area contributed by atoms with Crippen molar-refractivity contribution < 1.29 is 8.42 Å². The van der Waals surface area contributed by atoms with Crippen LogP contribution in [-0.4, -0.2) is 14.5 Å². The number of hydrogen-bond donors (Lipinski definition) is 2. The van der Waals surface area contributed by atoms with Gasteiger partial charge in [0.05, 0.1) is 4.90 Å². The van der Waals surface area contributed by atoms with E-state index in [-0.39, 0.29) is 10.9 Å². The Morgan fingerprint density at radius 2 is 1.86 bits per heavy atom. The van der Waals surface area contributed by atoms with Crippen molar-refractivity contribution in [2.24, 2.45) is 11.1 Å². The number of sulfonamides is 1. The number of nitrogens with one attached hydrogen (secondary N) is 1. The van der Waals surface area contributed by atoms with Crippen molar-refractivity contribution in [1.29, 1.82) is 0 Å². The summed E-state index contributed by atoms with van der Waals surface area (Å²) in [6.07, 6.45) is 6.59. The summed E-state index contributed by atoms with van der Waals surface area (Å²) < 4.78 is 22.9. The molecule has 2 atom stereocenters. The van der Waals surface area contributed by atoms with E-state index in [1.54, 1.807) is 12.1 Å². The van der Waals surface area contributed by atoms with Gasteiger partial charge >= 0.3 is 0 Å². The fraction of sp³-hybridized carbons (Fsp3) is 0.625. The van der Waals surface area contributed by atoms with Gasteiger partial charge < -0.3 is 5.32 Å². The lowest BCUT2D eigenvalue weighted by Crippen LogP contribution is -2.36. The summed E-state index contributed by atoms with van der Waals surface area (Å²) >= 11 is 0. The van der Waals surface area contributed by atoms with Crippen LogP contribution in [0.3, 0.4) is 0 Å². The highest BCUT2D eigenvalue weighted by Crippen LogP contribution is 2.28. The summed E-state index contributed by atoms with van der Waals surface area (Å²) in [4.78, 5) is 0.180. The molecule has 0 heterocycles. The molecule has 4 nitrogen and oxygen atoms in total. The molecule has 3 N–H and O–H groups in total. The second-order valence-corrected chi connectivity index (χ2v) is 7.75. The van der Waals surface area contributed by atoms with Gasteiger partial charge in [-0.2, -0.15) is 0 Å². The van der Waals surface area contributed by atoms with Gasteiger partial charge in [-0.05, 0) is 50.3 Å². The minimum absolute atomic E-state index is 0.114. The zero-order valence-corrected chi connectivity index (χ0v) is 13.7. The predicted octanol–water partition coefficient (Wildman–Crippen LogP) is 2.95. The number of rotatable bonds is 5. The molecule has 0 bridgehead atoms. The van der Waals surface area contributed by atoms with E-state index in [4.69, 9.17) is 5.14 Å². The maximum Gasteiger partial charge on any atom is 0.238 e. The Morgan fingerprint density at radius 1 is 1.19 bits per heavy atom. The molecular weight excluding hydrogens is 284 g/mol. The molecule has 1 unspecified atom stereocenters. The molecule has 0 radical (unpaired) electrons. The Morgan fingerprint density at radius 3 is 2.48 bits per heavy atom. The average Bonchev–Trinajstić information content (AvgIpc) is 2.47. The fourth-order valence-electron chi connectivity index (χ4n) is 3.22. The quantitative estimate of drug-likeness (QED) is 0.878. The summed E-state index contributed by atoms with van der Waals surface area (Å²) in [6, 6.07) is 7.46. The second kappa shape index (κ2) is 6.90. The normalized spacial score (nSPS) is 20.1. The van der Waals surface area contributed by atoms with Crippen LogP contribution in [0.4, 0.5) is 0 Å². The Hall–Kier alpha value is -0.910. The van der Waals surface area contributed by atoms with Crippen LogP contribution in [-0.2, 0) is 10.0 Å². The largest absolute Gasteiger partial charge is 0.307 e. The van der Waals surface area contributed by atoms with Crippen LogP contribution in [0.15, 0.2) is 29.2 Å². The molecule has 0 spiro atoms. The molecule has 0 amide bonds. The molecule has 118 valence electrons. The standard InChI is InChI=1S/C16H26N2O2S/c1-12(14-7-4-3-5-8-14)18-13(2)15-9-6-10-16(11-15)21(17,19)20/h6,9-14,18H,3-5,7-8H2,1-2H3,(H2,17,19,20)/t12-,13?/m1/s1. The van der Waals surface area contributed by atoms with E-state index in [0.717, 1.165) is 11.5 Å². The first-order valence-corrected chi connectivity index (χ1v) is 9.31. The number of hydrogen-bond acceptors (Lipinski definition) is 3. The lowest BCUT2D eigenvalue weighted by atomic mass is 9.84. The summed E-state index contributed by atoms with van der Waals surface area (Å²) in [6.45, 7) is 4.30. The third-order valence-electron chi connectivity index (χ3n) is 4.56. The molecule has 1 fully saturated rings. The summed E-state index contributed by atoms with van der Waals surface area (Å²) in [5.41, 5.74) is 0.962. The van der Waals surface area contributed by atoms with Gasteiger partial charge in [0.25, 0.3) is 0 Å². The minimum Gasteiger partial charge on any atom is -0.307 e. The Balaban J connectivity index is 2.04. The lowest BCUT2D eigenvalue weighted by Gasteiger charge is -2.31. The van der Waals surface area contributed by atoms with E-state index >= 15 is 0 Å². The molecule has 1 aromatic carbocycles. The maximum absolute atomic E-state index is 11.4.